The largest absolute Gasteiger partial charge is 0.460 e. The van der Waals surface area contributed by atoms with Gasteiger partial charge in [-0.05, 0) is 43.2 Å². The summed E-state index contributed by atoms with van der Waals surface area (Å²) < 4.78 is 31.5. The smallest absolute Gasteiger partial charge is 0.338 e. The van der Waals surface area contributed by atoms with Crippen molar-refractivity contribution in [2.75, 3.05) is 26.2 Å². The van der Waals surface area contributed by atoms with E-state index >= 15 is 0 Å². The maximum absolute atomic E-state index is 12.5. The summed E-state index contributed by atoms with van der Waals surface area (Å²) in [4.78, 5) is 24.2. The van der Waals surface area contributed by atoms with E-state index in [1.165, 1.54) is 34.1 Å². The molecular formula is C23H30N2O5S. The average molecular weight is 447 g/mol. The number of benzene rings is 2. The number of carbonyl (C=O) groups is 2. The highest BCUT2D eigenvalue weighted by Gasteiger charge is 2.21. The van der Waals surface area contributed by atoms with Gasteiger partial charge in [-0.3, -0.25) is 4.79 Å². The SMILES string of the molecule is CCN(CC)S(=O)(=O)c1ccc(C(=O)OCCNC(=O)CCc2ccc(C)cc2)cc1. The zero-order chi connectivity index (χ0) is 22.9. The Balaban J connectivity index is 1.76. The summed E-state index contributed by atoms with van der Waals surface area (Å²) in [6, 6.07) is 13.7. The van der Waals surface area contributed by atoms with Gasteiger partial charge in [0, 0.05) is 19.5 Å². The molecule has 31 heavy (non-hydrogen) atoms. The molecule has 8 heteroatoms. The second-order valence-electron chi connectivity index (χ2n) is 7.09. The van der Waals surface area contributed by atoms with Gasteiger partial charge >= 0.3 is 5.97 Å². The summed E-state index contributed by atoms with van der Waals surface area (Å²) in [5.74, 6) is -0.678. The van der Waals surface area contributed by atoms with Crippen LogP contribution < -0.4 is 5.32 Å². The van der Waals surface area contributed by atoms with Gasteiger partial charge in [0.05, 0.1) is 17.0 Å². The van der Waals surface area contributed by atoms with Crippen LogP contribution in [0.4, 0.5) is 0 Å². The van der Waals surface area contributed by atoms with Crippen molar-refractivity contribution in [3.63, 3.8) is 0 Å². The van der Waals surface area contributed by atoms with Crippen LogP contribution in [0.5, 0.6) is 0 Å². The van der Waals surface area contributed by atoms with E-state index < -0.39 is 16.0 Å². The van der Waals surface area contributed by atoms with Gasteiger partial charge in [0.25, 0.3) is 0 Å². The van der Waals surface area contributed by atoms with Crippen molar-refractivity contribution < 1.29 is 22.7 Å². The minimum absolute atomic E-state index is 0.0363. The lowest BCUT2D eigenvalue weighted by Gasteiger charge is -2.18. The Morgan fingerprint density at radius 1 is 0.968 bits per heavy atom. The van der Waals surface area contributed by atoms with E-state index in [-0.39, 0.29) is 29.5 Å². The maximum atomic E-state index is 12.5. The molecule has 0 saturated heterocycles. The Hall–Kier alpha value is -2.71. The third-order valence-electron chi connectivity index (χ3n) is 4.85. The third-order valence-corrected chi connectivity index (χ3v) is 6.92. The van der Waals surface area contributed by atoms with Crippen molar-refractivity contribution in [1.29, 1.82) is 0 Å². The molecule has 0 spiro atoms. The van der Waals surface area contributed by atoms with E-state index in [2.05, 4.69) is 5.32 Å². The minimum atomic E-state index is -3.57. The molecule has 0 bridgehead atoms. The molecule has 0 unspecified atom stereocenters. The highest BCUT2D eigenvalue weighted by molar-refractivity contribution is 7.89. The van der Waals surface area contributed by atoms with Gasteiger partial charge in [0.2, 0.25) is 15.9 Å². The van der Waals surface area contributed by atoms with Crippen LogP contribution in [0.2, 0.25) is 0 Å². The molecule has 0 aliphatic carbocycles. The highest BCUT2D eigenvalue weighted by Crippen LogP contribution is 2.16. The number of nitrogens with one attached hydrogen (secondary N) is 1. The number of aryl methyl sites for hydroxylation is 2. The topological polar surface area (TPSA) is 92.8 Å². The Kier molecular flexibility index (Phi) is 9.21. The number of hydrogen-bond acceptors (Lipinski definition) is 5. The molecule has 0 aromatic heterocycles. The predicted molar refractivity (Wildman–Crippen MR) is 119 cm³/mol. The van der Waals surface area contributed by atoms with E-state index in [0.29, 0.717) is 25.9 Å². The molecular weight excluding hydrogens is 416 g/mol. The van der Waals surface area contributed by atoms with Gasteiger partial charge in [-0.1, -0.05) is 43.7 Å². The second kappa shape index (κ2) is 11.6. The van der Waals surface area contributed by atoms with E-state index in [1.54, 1.807) is 13.8 Å². The van der Waals surface area contributed by atoms with Crippen molar-refractivity contribution in [3.8, 4) is 0 Å². The fourth-order valence-corrected chi connectivity index (χ4v) is 4.45. The first-order valence-corrected chi connectivity index (χ1v) is 11.8. The minimum Gasteiger partial charge on any atom is -0.460 e. The molecule has 2 rings (SSSR count). The number of rotatable bonds is 11. The number of nitrogens with zero attached hydrogens (tertiary/aromatic N) is 1. The number of amides is 1. The molecule has 168 valence electrons. The Morgan fingerprint density at radius 3 is 2.16 bits per heavy atom. The quantitative estimate of drug-likeness (QED) is 0.423. The lowest BCUT2D eigenvalue weighted by atomic mass is 10.1. The monoisotopic (exact) mass is 446 g/mol. The summed E-state index contributed by atoms with van der Waals surface area (Å²) in [5, 5.41) is 2.72. The number of ether oxygens (including phenoxy) is 1. The molecule has 0 saturated carbocycles. The molecule has 2 aromatic rings. The zero-order valence-corrected chi connectivity index (χ0v) is 19.1. The Bertz CT molecular complexity index is 966. The molecule has 0 fully saturated rings. The van der Waals surface area contributed by atoms with Crippen LogP contribution in [-0.2, 0) is 26.0 Å². The molecule has 1 amide bonds. The first-order valence-electron chi connectivity index (χ1n) is 10.4. The van der Waals surface area contributed by atoms with E-state index in [9.17, 15) is 18.0 Å². The molecule has 0 radical (unpaired) electrons. The molecule has 0 aliphatic rings. The number of hydrogen-bond donors (Lipinski definition) is 1. The van der Waals surface area contributed by atoms with Crippen LogP contribution in [0.15, 0.2) is 53.4 Å². The predicted octanol–water partition coefficient (Wildman–Crippen LogP) is 2.93. The van der Waals surface area contributed by atoms with Crippen LogP contribution in [0, 0.1) is 6.92 Å². The van der Waals surface area contributed by atoms with Crippen LogP contribution in [-0.4, -0.2) is 50.8 Å². The fraction of sp³-hybridized carbons (Fsp3) is 0.391. The van der Waals surface area contributed by atoms with Gasteiger partial charge < -0.3 is 10.1 Å². The normalized spacial score (nSPS) is 11.4. The van der Waals surface area contributed by atoms with E-state index in [0.717, 1.165) is 5.56 Å². The Labute approximate surface area is 184 Å². The summed E-state index contributed by atoms with van der Waals surface area (Å²) >= 11 is 0. The van der Waals surface area contributed by atoms with Gasteiger partial charge in [0.1, 0.15) is 6.61 Å². The van der Waals surface area contributed by atoms with Gasteiger partial charge in [-0.15, -0.1) is 0 Å². The standard InChI is InChI=1S/C23H30N2O5S/c1-4-25(5-2)31(28,29)21-13-11-20(12-14-21)23(27)30-17-16-24-22(26)15-10-19-8-6-18(3)7-9-19/h6-9,11-14H,4-5,10,15-17H2,1-3H3,(H,24,26). The summed E-state index contributed by atoms with van der Waals surface area (Å²) in [6.07, 6.45) is 1.01. The maximum Gasteiger partial charge on any atom is 0.338 e. The van der Waals surface area contributed by atoms with Gasteiger partial charge in [-0.25, -0.2) is 13.2 Å². The molecule has 0 heterocycles. The van der Waals surface area contributed by atoms with Crippen LogP contribution in [0.3, 0.4) is 0 Å². The number of esters is 1. The molecule has 7 nitrogen and oxygen atoms in total. The van der Waals surface area contributed by atoms with Crippen LogP contribution in [0.1, 0.15) is 41.8 Å². The Morgan fingerprint density at radius 2 is 1.58 bits per heavy atom. The van der Waals surface area contributed by atoms with Crippen molar-refractivity contribution in [2.45, 2.75) is 38.5 Å². The lowest BCUT2D eigenvalue weighted by molar-refractivity contribution is -0.121. The average Bonchev–Trinajstić information content (AvgIpc) is 2.77. The van der Waals surface area contributed by atoms with Crippen molar-refractivity contribution >= 4 is 21.9 Å². The third kappa shape index (κ3) is 7.18. The first kappa shape index (κ1) is 24.6. The molecule has 0 atom stereocenters. The van der Waals surface area contributed by atoms with E-state index in [1.807, 2.05) is 31.2 Å². The fourth-order valence-electron chi connectivity index (χ4n) is 2.99. The van der Waals surface area contributed by atoms with Gasteiger partial charge in [-0.2, -0.15) is 4.31 Å². The summed E-state index contributed by atoms with van der Waals surface area (Å²) in [5.41, 5.74) is 2.53. The second-order valence-corrected chi connectivity index (χ2v) is 9.02. The first-order chi connectivity index (χ1) is 14.8. The number of sulfonamides is 1. The van der Waals surface area contributed by atoms with Crippen molar-refractivity contribution in [1.82, 2.24) is 9.62 Å². The molecule has 0 aliphatic heterocycles. The van der Waals surface area contributed by atoms with E-state index in [4.69, 9.17) is 4.74 Å². The van der Waals surface area contributed by atoms with Crippen LogP contribution >= 0.6 is 0 Å². The van der Waals surface area contributed by atoms with Crippen LogP contribution in [0.25, 0.3) is 0 Å². The summed E-state index contributed by atoms with van der Waals surface area (Å²) in [7, 11) is -3.57. The molecule has 1 N–H and O–H groups in total. The zero-order valence-electron chi connectivity index (χ0n) is 18.3. The summed E-state index contributed by atoms with van der Waals surface area (Å²) in [6.45, 7) is 6.56. The highest BCUT2D eigenvalue weighted by atomic mass is 32.2. The van der Waals surface area contributed by atoms with Crippen molar-refractivity contribution in [2.24, 2.45) is 0 Å². The lowest BCUT2D eigenvalue weighted by Crippen LogP contribution is -2.30. The number of carbonyl (C=O) groups excluding carboxylic acids is 2. The van der Waals surface area contributed by atoms with Crippen molar-refractivity contribution in [3.05, 3.63) is 65.2 Å². The molecule has 2 aromatic carbocycles. The van der Waals surface area contributed by atoms with Gasteiger partial charge in [0.15, 0.2) is 0 Å².